The van der Waals surface area contributed by atoms with Crippen LogP contribution in [0.1, 0.15) is 22.6 Å². The van der Waals surface area contributed by atoms with Crippen LogP contribution in [0.3, 0.4) is 0 Å². The third-order valence-corrected chi connectivity index (χ3v) is 5.97. The largest absolute Gasteiger partial charge is 0.416 e. The molecule has 1 aliphatic heterocycles. The molecule has 2 amide bonds. The number of nitrogens with zero attached hydrogens (tertiary/aromatic N) is 1. The van der Waals surface area contributed by atoms with Crippen LogP contribution in [-0.2, 0) is 15.8 Å². The van der Waals surface area contributed by atoms with E-state index in [1.54, 1.807) is 19.2 Å². The summed E-state index contributed by atoms with van der Waals surface area (Å²) in [7, 11) is 1.58. The van der Waals surface area contributed by atoms with E-state index in [1.165, 1.54) is 17.0 Å². The molecule has 1 fully saturated rings. The van der Waals surface area contributed by atoms with Gasteiger partial charge in [-0.1, -0.05) is 24.3 Å². The zero-order valence-corrected chi connectivity index (χ0v) is 16.8. The third kappa shape index (κ3) is 3.92. The van der Waals surface area contributed by atoms with Crippen molar-refractivity contribution in [1.29, 1.82) is 0 Å². The van der Waals surface area contributed by atoms with Crippen molar-refractivity contribution in [2.75, 3.05) is 18.9 Å². The average Bonchev–Trinajstić information content (AvgIpc) is 2.93. The number of hydrogen-bond donors (Lipinski definition) is 1. The average molecular weight is 455 g/mol. The molecular formula is C20H18BrF3N2O2. The highest BCUT2D eigenvalue weighted by Gasteiger charge is 2.44. The molecule has 2 aromatic rings. The van der Waals surface area contributed by atoms with Gasteiger partial charge in [-0.2, -0.15) is 13.2 Å². The van der Waals surface area contributed by atoms with E-state index in [2.05, 4.69) is 21.2 Å². The highest BCUT2D eigenvalue weighted by atomic mass is 79.9. The number of anilines is 1. The Bertz CT molecular complexity index is 913. The second kappa shape index (κ2) is 7.58. The van der Waals surface area contributed by atoms with Gasteiger partial charge in [0.2, 0.25) is 11.8 Å². The molecule has 0 spiro atoms. The van der Waals surface area contributed by atoms with Gasteiger partial charge >= 0.3 is 6.18 Å². The van der Waals surface area contributed by atoms with E-state index >= 15 is 0 Å². The summed E-state index contributed by atoms with van der Waals surface area (Å²) in [5, 5.41) is 2.77. The van der Waals surface area contributed by atoms with Crippen molar-refractivity contribution in [1.82, 2.24) is 4.90 Å². The van der Waals surface area contributed by atoms with Crippen LogP contribution in [0.4, 0.5) is 18.9 Å². The Morgan fingerprint density at radius 3 is 2.43 bits per heavy atom. The van der Waals surface area contributed by atoms with Gasteiger partial charge < -0.3 is 10.2 Å². The van der Waals surface area contributed by atoms with E-state index in [4.69, 9.17) is 0 Å². The summed E-state index contributed by atoms with van der Waals surface area (Å²) in [5.74, 6) is -2.37. The first kappa shape index (κ1) is 20.4. The van der Waals surface area contributed by atoms with Crippen LogP contribution in [0.15, 0.2) is 46.9 Å². The summed E-state index contributed by atoms with van der Waals surface area (Å²) in [6, 6.07) is 10.00. The number of carbonyl (C=O) groups is 2. The number of carbonyl (C=O) groups excluding carboxylic acids is 2. The second-order valence-electron chi connectivity index (χ2n) is 6.85. The smallest absolute Gasteiger partial charge is 0.344 e. The maximum atomic E-state index is 12.9. The van der Waals surface area contributed by atoms with E-state index in [1.807, 2.05) is 13.0 Å². The molecule has 8 heteroatoms. The minimum atomic E-state index is -4.44. The first-order valence-electron chi connectivity index (χ1n) is 8.57. The molecule has 0 aromatic heterocycles. The van der Waals surface area contributed by atoms with Crippen LogP contribution in [0.25, 0.3) is 0 Å². The maximum absolute atomic E-state index is 12.9. The van der Waals surface area contributed by atoms with Gasteiger partial charge in [-0.25, -0.2) is 0 Å². The highest BCUT2D eigenvalue weighted by molar-refractivity contribution is 9.10. The molecule has 0 unspecified atom stereocenters. The van der Waals surface area contributed by atoms with E-state index in [0.29, 0.717) is 15.7 Å². The Balaban J connectivity index is 1.88. The number of hydrogen-bond acceptors (Lipinski definition) is 2. The Kier molecular flexibility index (Phi) is 5.52. The maximum Gasteiger partial charge on any atom is 0.416 e. The topological polar surface area (TPSA) is 49.4 Å². The first-order valence-corrected chi connectivity index (χ1v) is 9.37. The molecule has 1 heterocycles. The summed E-state index contributed by atoms with van der Waals surface area (Å²) >= 11 is 3.41. The van der Waals surface area contributed by atoms with Crippen LogP contribution in [0.2, 0.25) is 0 Å². The van der Waals surface area contributed by atoms with Crippen molar-refractivity contribution < 1.29 is 22.8 Å². The molecular weight excluding hydrogens is 437 g/mol. The lowest BCUT2D eigenvalue weighted by Gasteiger charge is -2.18. The number of likely N-dealkylation sites (tertiary alicyclic amines) is 1. The summed E-state index contributed by atoms with van der Waals surface area (Å²) in [4.78, 5) is 26.9. The number of benzene rings is 2. The molecule has 28 heavy (non-hydrogen) atoms. The number of nitrogens with one attached hydrogen (secondary N) is 1. The van der Waals surface area contributed by atoms with Crippen molar-refractivity contribution in [3.8, 4) is 0 Å². The van der Waals surface area contributed by atoms with E-state index in [9.17, 15) is 22.8 Å². The normalized spacial score (nSPS) is 19.8. The van der Waals surface area contributed by atoms with E-state index < -0.39 is 29.5 Å². The number of amides is 2. The molecule has 2 atom stereocenters. The molecule has 148 valence electrons. The highest BCUT2D eigenvalue weighted by Crippen LogP contribution is 2.37. The number of likely N-dealkylation sites (N-methyl/N-ethyl adjacent to an activating group) is 1. The summed E-state index contributed by atoms with van der Waals surface area (Å²) in [5.41, 5.74) is 1.22. The molecule has 4 nitrogen and oxygen atoms in total. The fourth-order valence-corrected chi connectivity index (χ4v) is 3.73. The molecule has 0 bridgehead atoms. The standard InChI is InChI=1S/C20H18BrF3N2O2/c1-11-4-3-5-15(17(11)21)25-18(27)16-14(10-26(2)19(16)28)12-6-8-13(9-7-12)20(22,23)24/h3-9,14,16H,10H2,1-2H3,(H,25,27)/t14-,16+/m0/s1. The second-order valence-corrected chi connectivity index (χ2v) is 7.64. The first-order chi connectivity index (χ1) is 13.1. The van der Waals surface area contributed by atoms with E-state index in [0.717, 1.165) is 17.7 Å². The van der Waals surface area contributed by atoms with Gasteiger partial charge in [0, 0.05) is 24.0 Å². The third-order valence-electron chi connectivity index (χ3n) is 4.91. The number of alkyl halides is 3. The van der Waals surface area contributed by atoms with Crippen LogP contribution >= 0.6 is 15.9 Å². The van der Waals surface area contributed by atoms with Crippen molar-refractivity contribution in [3.63, 3.8) is 0 Å². The van der Waals surface area contributed by atoms with Gasteiger partial charge in [0.15, 0.2) is 0 Å². The fourth-order valence-electron chi connectivity index (χ4n) is 3.37. The lowest BCUT2D eigenvalue weighted by atomic mass is 9.87. The zero-order valence-electron chi connectivity index (χ0n) is 15.2. The lowest BCUT2D eigenvalue weighted by Crippen LogP contribution is -2.32. The minimum absolute atomic E-state index is 0.261. The van der Waals surface area contributed by atoms with Gasteiger partial charge in [-0.3, -0.25) is 9.59 Å². The molecule has 0 saturated carbocycles. The van der Waals surface area contributed by atoms with Crippen LogP contribution in [-0.4, -0.2) is 30.3 Å². The molecule has 1 N–H and O–H groups in total. The Labute approximate surface area is 168 Å². The number of rotatable bonds is 3. The lowest BCUT2D eigenvalue weighted by molar-refractivity contribution is -0.138. The van der Waals surface area contributed by atoms with Crippen molar-refractivity contribution >= 4 is 33.4 Å². The summed E-state index contributed by atoms with van der Waals surface area (Å²) in [6.45, 7) is 2.14. The van der Waals surface area contributed by atoms with Gasteiger partial charge in [0.05, 0.1) is 11.3 Å². The molecule has 3 rings (SSSR count). The molecule has 0 aliphatic carbocycles. The SMILES string of the molecule is Cc1cccc(NC(=O)[C@@H]2C(=O)N(C)C[C@H]2c2ccc(C(F)(F)F)cc2)c1Br. The summed E-state index contributed by atoms with van der Waals surface area (Å²) < 4.78 is 39.1. The number of halogens is 4. The van der Waals surface area contributed by atoms with Gasteiger partial charge in [-0.05, 0) is 52.2 Å². The Morgan fingerprint density at radius 1 is 1.18 bits per heavy atom. The molecule has 1 aliphatic rings. The van der Waals surface area contributed by atoms with Crippen molar-refractivity contribution in [2.24, 2.45) is 5.92 Å². The van der Waals surface area contributed by atoms with Crippen LogP contribution in [0, 0.1) is 12.8 Å². The van der Waals surface area contributed by atoms with Crippen LogP contribution in [0.5, 0.6) is 0 Å². The summed E-state index contributed by atoms with van der Waals surface area (Å²) in [6.07, 6.45) is -4.44. The minimum Gasteiger partial charge on any atom is -0.344 e. The zero-order chi connectivity index (χ0) is 20.6. The number of aryl methyl sites for hydroxylation is 1. The molecule has 2 aromatic carbocycles. The predicted molar refractivity (Wildman–Crippen MR) is 103 cm³/mol. The van der Waals surface area contributed by atoms with Gasteiger partial charge in [0.1, 0.15) is 5.92 Å². The molecule has 1 saturated heterocycles. The van der Waals surface area contributed by atoms with E-state index in [-0.39, 0.29) is 12.5 Å². The van der Waals surface area contributed by atoms with Crippen molar-refractivity contribution in [3.05, 3.63) is 63.6 Å². The molecule has 0 radical (unpaired) electrons. The fraction of sp³-hybridized carbons (Fsp3) is 0.300. The van der Waals surface area contributed by atoms with Gasteiger partial charge in [0.25, 0.3) is 0 Å². The van der Waals surface area contributed by atoms with Crippen molar-refractivity contribution in [2.45, 2.75) is 19.0 Å². The van der Waals surface area contributed by atoms with Gasteiger partial charge in [-0.15, -0.1) is 0 Å². The van der Waals surface area contributed by atoms with Crippen LogP contribution < -0.4 is 5.32 Å². The monoisotopic (exact) mass is 454 g/mol. The quantitative estimate of drug-likeness (QED) is 0.689. The predicted octanol–water partition coefficient (Wildman–Crippen LogP) is 4.59. The Hall–Kier alpha value is -2.35. The Morgan fingerprint density at radius 2 is 1.82 bits per heavy atom.